The molecule has 1 saturated heterocycles. The molecule has 20 heavy (non-hydrogen) atoms. The first-order chi connectivity index (χ1) is 9.69. The molecule has 1 aliphatic heterocycles. The van der Waals surface area contributed by atoms with Crippen molar-refractivity contribution in [2.75, 3.05) is 20.3 Å². The maximum absolute atomic E-state index is 11.7. The van der Waals surface area contributed by atoms with E-state index >= 15 is 0 Å². The summed E-state index contributed by atoms with van der Waals surface area (Å²) >= 11 is 0. The third-order valence-corrected chi connectivity index (χ3v) is 3.44. The van der Waals surface area contributed by atoms with E-state index in [4.69, 9.17) is 9.47 Å². The lowest BCUT2D eigenvalue weighted by molar-refractivity contribution is 0.112. The van der Waals surface area contributed by atoms with E-state index in [9.17, 15) is 9.59 Å². The third-order valence-electron chi connectivity index (χ3n) is 3.44. The minimum absolute atomic E-state index is 0.00162. The minimum atomic E-state index is -0.262. The number of aldehydes is 1. The molecule has 0 unspecified atom stereocenters. The molecule has 0 saturated carbocycles. The highest BCUT2D eigenvalue weighted by Crippen LogP contribution is 2.24. The quantitative estimate of drug-likeness (QED) is 0.749. The first-order valence-corrected chi connectivity index (χ1v) is 6.75. The second-order valence-electron chi connectivity index (χ2n) is 4.82. The predicted molar refractivity (Wildman–Crippen MR) is 74.2 cm³/mol. The van der Waals surface area contributed by atoms with Gasteiger partial charge in [-0.05, 0) is 36.6 Å². The fourth-order valence-electron chi connectivity index (χ4n) is 2.46. The number of hydrogen-bond acceptors (Lipinski definition) is 4. The van der Waals surface area contributed by atoms with E-state index in [2.05, 4.69) is 0 Å². The second-order valence-corrected chi connectivity index (χ2v) is 4.82. The van der Waals surface area contributed by atoms with E-state index in [-0.39, 0.29) is 12.1 Å². The summed E-state index contributed by atoms with van der Waals surface area (Å²) in [7, 11) is 1.60. The third kappa shape index (κ3) is 2.92. The normalized spacial score (nSPS) is 18.0. The molecule has 0 bridgehead atoms. The molecule has 0 radical (unpaired) electrons. The molecule has 5 heteroatoms. The predicted octanol–water partition coefficient (Wildman–Crippen LogP) is 2.28. The van der Waals surface area contributed by atoms with Gasteiger partial charge in [-0.15, -0.1) is 0 Å². The lowest BCUT2D eigenvalue weighted by atomic mass is 10.0. The van der Waals surface area contributed by atoms with Crippen LogP contribution < -0.4 is 4.74 Å². The highest BCUT2D eigenvalue weighted by molar-refractivity contribution is 5.75. The van der Waals surface area contributed by atoms with Gasteiger partial charge in [-0.3, -0.25) is 4.79 Å². The van der Waals surface area contributed by atoms with Crippen LogP contribution in [-0.2, 0) is 11.2 Å². The van der Waals surface area contributed by atoms with Crippen molar-refractivity contribution >= 4 is 12.4 Å². The van der Waals surface area contributed by atoms with E-state index in [1.54, 1.807) is 30.2 Å². The number of nitrogens with zero attached hydrogens (tertiary/aromatic N) is 1. The molecular formula is C15H19NO4. The van der Waals surface area contributed by atoms with Gasteiger partial charge in [0.1, 0.15) is 18.6 Å². The van der Waals surface area contributed by atoms with Crippen molar-refractivity contribution in [3.63, 3.8) is 0 Å². The van der Waals surface area contributed by atoms with Crippen molar-refractivity contribution in [1.82, 2.24) is 4.90 Å². The molecule has 5 nitrogen and oxygen atoms in total. The van der Waals surface area contributed by atoms with Gasteiger partial charge in [0.15, 0.2) is 0 Å². The smallest absolute Gasteiger partial charge is 0.410 e. The lowest BCUT2D eigenvalue weighted by Gasteiger charge is -2.21. The summed E-state index contributed by atoms with van der Waals surface area (Å²) in [6, 6.07) is 5.30. The van der Waals surface area contributed by atoms with Gasteiger partial charge in [-0.25, -0.2) is 4.79 Å². The van der Waals surface area contributed by atoms with Crippen LogP contribution >= 0.6 is 0 Å². The molecule has 108 valence electrons. The van der Waals surface area contributed by atoms with Crippen LogP contribution in [0.5, 0.6) is 5.75 Å². The summed E-state index contributed by atoms with van der Waals surface area (Å²) in [4.78, 5) is 24.3. The molecule has 0 N–H and O–H groups in total. The summed E-state index contributed by atoms with van der Waals surface area (Å²) in [6.07, 6.45) is 2.05. The van der Waals surface area contributed by atoms with Gasteiger partial charge in [0.05, 0.1) is 13.2 Å². The van der Waals surface area contributed by atoms with E-state index in [0.29, 0.717) is 25.1 Å². The molecular weight excluding hydrogens is 258 g/mol. The molecule has 1 aromatic rings. The maximum atomic E-state index is 11.7. The Bertz CT molecular complexity index is 501. The van der Waals surface area contributed by atoms with Gasteiger partial charge in [-0.2, -0.15) is 0 Å². The average Bonchev–Trinajstić information content (AvgIpc) is 2.80. The number of ether oxygens (including phenoxy) is 2. The molecule has 0 aromatic heterocycles. The summed E-state index contributed by atoms with van der Waals surface area (Å²) in [5.41, 5.74) is 1.52. The zero-order chi connectivity index (χ0) is 14.5. The van der Waals surface area contributed by atoms with Gasteiger partial charge in [0.25, 0.3) is 0 Å². The van der Waals surface area contributed by atoms with Crippen molar-refractivity contribution in [3.05, 3.63) is 29.3 Å². The molecule has 2 rings (SSSR count). The molecule has 1 aromatic carbocycles. The molecule has 1 amide bonds. The topological polar surface area (TPSA) is 55.8 Å². The largest absolute Gasteiger partial charge is 0.496 e. The summed E-state index contributed by atoms with van der Waals surface area (Å²) in [6.45, 7) is 3.09. The average molecular weight is 277 g/mol. The van der Waals surface area contributed by atoms with E-state index in [1.165, 1.54) is 0 Å². The van der Waals surface area contributed by atoms with Crippen LogP contribution in [0.4, 0.5) is 4.79 Å². The SMILES string of the molecule is CCCN1C(=O)OC[C@@H]1Cc1cc(C=O)ccc1OC. The van der Waals surface area contributed by atoms with Crippen LogP contribution in [0, 0.1) is 0 Å². The first kappa shape index (κ1) is 14.4. The van der Waals surface area contributed by atoms with Crippen molar-refractivity contribution < 1.29 is 19.1 Å². The summed E-state index contributed by atoms with van der Waals surface area (Å²) < 4.78 is 10.4. The van der Waals surface area contributed by atoms with Crippen molar-refractivity contribution in [2.45, 2.75) is 25.8 Å². The van der Waals surface area contributed by atoms with Gasteiger partial charge < -0.3 is 14.4 Å². The fourth-order valence-corrected chi connectivity index (χ4v) is 2.46. The lowest BCUT2D eigenvalue weighted by Crippen LogP contribution is -2.35. The van der Waals surface area contributed by atoms with Crippen LogP contribution in [0.3, 0.4) is 0 Å². The van der Waals surface area contributed by atoms with Crippen molar-refractivity contribution in [2.24, 2.45) is 0 Å². The van der Waals surface area contributed by atoms with Crippen LogP contribution in [0.15, 0.2) is 18.2 Å². The van der Waals surface area contributed by atoms with Crippen LogP contribution in [0.1, 0.15) is 29.3 Å². The van der Waals surface area contributed by atoms with Gasteiger partial charge >= 0.3 is 6.09 Å². The second kappa shape index (κ2) is 6.41. The Labute approximate surface area is 118 Å². The summed E-state index contributed by atoms with van der Waals surface area (Å²) in [5, 5.41) is 0. The molecule has 1 aliphatic rings. The van der Waals surface area contributed by atoms with Gasteiger partial charge in [0.2, 0.25) is 0 Å². The van der Waals surface area contributed by atoms with Crippen LogP contribution in [0.2, 0.25) is 0 Å². The fraction of sp³-hybridized carbons (Fsp3) is 0.467. The Balaban J connectivity index is 2.20. The first-order valence-electron chi connectivity index (χ1n) is 6.75. The zero-order valence-corrected chi connectivity index (χ0v) is 11.8. The Kier molecular flexibility index (Phi) is 4.61. The maximum Gasteiger partial charge on any atom is 0.410 e. The zero-order valence-electron chi connectivity index (χ0n) is 11.8. The summed E-state index contributed by atoms with van der Waals surface area (Å²) in [5.74, 6) is 0.728. The van der Waals surface area contributed by atoms with Crippen LogP contribution in [0.25, 0.3) is 0 Å². The molecule has 0 spiro atoms. The highest BCUT2D eigenvalue weighted by atomic mass is 16.6. The van der Waals surface area contributed by atoms with Crippen LogP contribution in [-0.4, -0.2) is 43.6 Å². The number of hydrogen-bond donors (Lipinski definition) is 0. The number of carbonyl (C=O) groups is 2. The monoisotopic (exact) mass is 277 g/mol. The Morgan fingerprint density at radius 3 is 2.95 bits per heavy atom. The number of cyclic esters (lactones) is 1. The van der Waals surface area contributed by atoms with E-state index in [1.807, 2.05) is 6.92 Å². The highest BCUT2D eigenvalue weighted by Gasteiger charge is 2.32. The molecule has 1 heterocycles. The number of carbonyl (C=O) groups excluding carboxylic acids is 2. The Morgan fingerprint density at radius 1 is 1.50 bits per heavy atom. The molecule has 1 atom stereocenters. The van der Waals surface area contributed by atoms with Gasteiger partial charge in [0, 0.05) is 12.1 Å². The Morgan fingerprint density at radius 2 is 2.30 bits per heavy atom. The number of amides is 1. The number of methoxy groups -OCH3 is 1. The van der Waals surface area contributed by atoms with Gasteiger partial charge in [-0.1, -0.05) is 6.92 Å². The van der Waals surface area contributed by atoms with Crippen molar-refractivity contribution in [3.8, 4) is 5.75 Å². The molecule has 1 fully saturated rings. The standard InChI is InChI=1S/C15H19NO4/c1-3-6-16-13(10-20-15(16)18)8-12-7-11(9-17)4-5-14(12)19-2/h4-5,7,9,13H,3,6,8,10H2,1-2H3/t13-/m0/s1. The van der Waals surface area contributed by atoms with E-state index in [0.717, 1.165) is 24.0 Å². The molecule has 0 aliphatic carbocycles. The van der Waals surface area contributed by atoms with E-state index < -0.39 is 0 Å². The number of benzene rings is 1. The van der Waals surface area contributed by atoms with Crippen molar-refractivity contribution in [1.29, 1.82) is 0 Å². The minimum Gasteiger partial charge on any atom is -0.496 e. The Hall–Kier alpha value is -2.04. The number of rotatable bonds is 6.